The zero-order valence-electron chi connectivity index (χ0n) is 11.2. The second kappa shape index (κ2) is 5.76. The fourth-order valence-corrected chi connectivity index (χ4v) is 2.44. The first-order chi connectivity index (χ1) is 9.06. The Labute approximate surface area is 119 Å². The summed E-state index contributed by atoms with van der Waals surface area (Å²) >= 11 is 6.19. The highest BCUT2D eigenvalue weighted by molar-refractivity contribution is 6.34. The van der Waals surface area contributed by atoms with E-state index < -0.39 is 0 Å². The van der Waals surface area contributed by atoms with Gasteiger partial charge in [0.05, 0.1) is 10.6 Å². The van der Waals surface area contributed by atoms with Crippen molar-refractivity contribution in [3.8, 4) is 0 Å². The maximum atomic E-state index is 12.5. The number of rotatable bonds is 5. The summed E-state index contributed by atoms with van der Waals surface area (Å²) in [6, 6.07) is 5.58. The van der Waals surface area contributed by atoms with Gasteiger partial charge in [0, 0.05) is 5.70 Å². The van der Waals surface area contributed by atoms with Crippen molar-refractivity contribution in [2.45, 2.75) is 38.5 Å². The molecule has 4 heteroatoms. The molecule has 0 heterocycles. The molecule has 3 nitrogen and oxygen atoms in total. The number of halogens is 1. The minimum atomic E-state index is -0.258. The molecule has 1 aliphatic rings. The van der Waals surface area contributed by atoms with Crippen LogP contribution in [0.5, 0.6) is 0 Å². The van der Waals surface area contributed by atoms with E-state index in [-0.39, 0.29) is 5.91 Å². The van der Waals surface area contributed by atoms with Crippen molar-refractivity contribution in [3.05, 3.63) is 46.6 Å². The van der Waals surface area contributed by atoms with E-state index in [1.165, 1.54) is 0 Å². The molecule has 1 aliphatic carbocycles. The third kappa shape index (κ3) is 2.99. The number of nitrogens with zero attached hydrogens (tertiary/aromatic N) is 1. The van der Waals surface area contributed by atoms with E-state index in [1.807, 2.05) is 19.1 Å². The molecule has 0 aromatic heterocycles. The summed E-state index contributed by atoms with van der Waals surface area (Å²) in [6.07, 6.45) is 3.82. The smallest absolute Gasteiger partial charge is 0.267 e. The molecule has 19 heavy (non-hydrogen) atoms. The predicted octanol–water partition coefficient (Wildman–Crippen LogP) is 3.85. The Morgan fingerprint density at radius 3 is 2.79 bits per heavy atom. The first-order valence-corrected chi connectivity index (χ1v) is 6.99. The third-order valence-electron chi connectivity index (χ3n) is 3.37. The molecule has 1 aromatic rings. The molecular formula is C15H19ClN2O. The number of allylic oxidation sites excluding steroid dienone is 1. The van der Waals surface area contributed by atoms with Gasteiger partial charge >= 0.3 is 0 Å². The molecule has 2 rings (SSSR count). The second-order valence-corrected chi connectivity index (χ2v) is 5.38. The normalized spacial score (nSPS) is 14.3. The second-order valence-electron chi connectivity index (χ2n) is 4.97. The van der Waals surface area contributed by atoms with Crippen molar-refractivity contribution in [1.82, 2.24) is 5.01 Å². The van der Waals surface area contributed by atoms with Crippen LogP contribution in [0.3, 0.4) is 0 Å². The molecule has 0 unspecified atom stereocenters. The molecule has 1 amide bonds. The average Bonchev–Trinajstić information content (AvgIpc) is 3.21. The molecule has 0 aliphatic heterocycles. The van der Waals surface area contributed by atoms with Crippen molar-refractivity contribution in [3.63, 3.8) is 0 Å². The zero-order chi connectivity index (χ0) is 14.0. The van der Waals surface area contributed by atoms with Crippen LogP contribution in [-0.2, 0) is 0 Å². The molecule has 1 saturated carbocycles. The van der Waals surface area contributed by atoms with Gasteiger partial charge in [0.2, 0.25) is 0 Å². The third-order valence-corrected chi connectivity index (χ3v) is 3.69. The van der Waals surface area contributed by atoms with Crippen molar-refractivity contribution in [1.29, 1.82) is 0 Å². The summed E-state index contributed by atoms with van der Waals surface area (Å²) in [5.74, 6) is 6.05. The lowest BCUT2D eigenvalue weighted by molar-refractivity contribution is 0.0800. The number of carbonyl (C=O) groups excluding carboxylic acids is 1. The van der Waals surface area contributed by atoms with E-state index >= 15 is 0 Å². The van der Waals surface area contributed by atoms with Gasteiger partial charge in [0.1, 0.15) is 0 Å². The van der Waals surface area contributed by atoms with Crippen LogP contribution in [0.1, 0.15) is 54.4 Å². The molecule has 0 saturated heterocycles. The van der Waals surface area contributed by atoms with Crippen molar-refractivity contribution >= 4 is 17.5 Å². The number of amides is 1. The van der Waals surface area contributed by atoms with E-state index in [0.717, 1.165) is 29.8 Å². The topological polar surface area (TPSA) is 46.3 Å². The average molecular weight is 279 g/mol. The monoisotopic (exact) mass is 278 g/mol. The molecule has 0 bridgehead atoms. The molecule has 1 fully saturated rings. The summed E-state index contributed by atoms with van der Waals surface area (Å²) in [6.45, 7) is 5.87. The minimum absolute atomic E-state index is 0.258. The molecule has 0 spiro atoms. The van der Waals surface area contributed by atoms with Crippen LogP contribution in [0.4, 0.5) is 0 Å². The first-order valence-electron chi connectivity index (χ1n) is 6.61. The Balaban J connectivity index is 2.30. The molecule has 1 aromatic carbocycles. The van der Waals surface area contributed by atoms with Crippen molar-refractivity contribution in [2.75, 3.05) is 0 Å². The van der Waals surface area contributed by atoms with E-state index in [4.69, 9.17) is 17.4 Å². The van der Waals surface area contributed by atoms with Crippen molar-refractivity contribution in [2.24, 2.45) is 5.84 Å². The first kappa shape index (κ1) is 14.1. The summed E-state index contributed by atoms with van der Waals surface area (Å²) in [4.78, 5) is 12.5. The zero-order valence-corrected chi connectivity index (χ0v) is 11.9. The van der Waals surface area contributed by atoms with Crippen LogP contribution in [0, 0.1) is 0 Å². The number of nitrogens with two attached hydrogens (primary N) is 1. The van der Waals surface area contributed by atoms with E-state index in [2.05, 4.69) is 6.58 Å². The van der Waals surface area contributed by atoms with Gasteiger partial charge in [-0.2, -0.15) is 0 Å². The number of carbonyl (C=O) groups is 1. The van der Waals surface area contributed by atoms with E-state index in [9.17, 15) is 4.79 Å². The summed E-state index contributed by atoms with van der Waals surface area (Å²) in [5, 5.41) is 1.60. The fraction of sp³-hybridized carbons (Fsp3) is 0.400. The Hall–Kier alpha value is -1.32. The highest BCUT2D eigenvalue weighted by Crippen LogP contribution is 2.43. The van der Waals surface area contributed by atoms with Gasteiger partial charge in [-0.3, -0.25) is 4.79 Å². The number of hydrogen-bond acceptors (Lipinski definition) is 2. The van der Waals surface area contributed by atoms with Gasteiger partial charge in [-0.05, 0) is 36.8 Å². The Morgan fingerprint density at radius 2 is 2.21 bits per heavy atom. The standard InChI is InChI=1S/C15H19ClN2O/c1-3-5-10(2)18(17)15(19)14-12(11-8-9-11)6-4-7-13(14)16/h4,6-7,11H,2-3,5,8-9,17H2,1H3. The summed E-state index contributed by atoms with van der Waals surface area (Å²) in [7, 11) is 0. The minimum Gasteiger partial charge on any atom is -0.267 e. The molecule has 2 N–H and O–H groups in total. The van der Waals surface area contributed by atoms with Gasteiger partial charge < -0.3 is 0 Å². The van der Waals surface area contributed by atoms with Crippen LogP contribution in [-0.4, -0.2) is 10.9 Å². The Bertz CT molecular complexity index is 509. The van der Waals surface area contributed by atoms with E-state index in [0.29, 0.717) is 28.6 Å². The van der Waals surface area contributed by atoms with Crippen LogP contribution >= 0.6 is 11.6 Å². The van der Waals surface area contributed by atoms with Gasteiger partial charge in [-0.25, -0.2) is 10.9 Å². The summed E-state index contributed by atoms with van der Waals surface area (Å²) in [5.41, 5.74) is 2.16. The maximum absolute atomic E-state index is 12.5. The molecule has 0 atom stereocenters. The van der Waals surface area contributed by atoms with Gasteiger partial charge in [0.15, 0.2) is 0 Å². The predicted molar refractivity (Wildman–Crippen MR) is 77.8 cm³/mol. The van der Waals surface area contributed by atoms with Crippen LogP contribution in [0.2, 0.25) is 5.02 Å². The van der Waals surface area contributed by atoms with E-state index in [1.54, 1.807) is 6.07 Å². The lowest BCUT2D eigenvalue weighted by atomic mass is 10.0. The van der Waals surface area contributed by atoms with Crippen LogP contribution < -0.4 is 5.84 Å². The number of benzene rings is 1. The SMILES string of the molecule is C=C(CCC)N(N)C(=O)c1c(Cl)cccc1C1CC1. The van der Waals surface area contributed by atoms with Crippen molar-refractivity contribution < 1.29 is 4.79 Å². The molecular weight excluding hydrogens is 260 g/mol. The van der Waals surface area contributed by atoms with Gasteiger partial charge in [-0.1, -0.05) is 43.7 Å². The molecule has 0 radical (unpaired) electrons. The largest absolute Gasteiger partial charge is 0.273 e. The fourth-order valence-electron chi connectivity index (χ4n) is 2.17. The Morgan fingerprint density at radius 1 is 1.53 bits per heavy atom. The van der Waals surface area contributed by atoms with Gasteiger partial charge in [0.25, 0.3) is 5.91 Å². The lowest BCUT2D eigenvalue weighted by Crippen LogP contribution is -2.37. The van der Waals surface area contributed by atoms with Gasteiger partial charge in [-0.15, -0.1) is 0 Å². The lowest BCUT2D eigenvalue weighted by Gasteiger charge is -2.21. The van der Waals surface area contributed by atoms with Crippen LogP contribution in [0.15, 0.2) is 30.5 Å². The number of hydrazine groups is 1. The quantitative estimate of drug-likeness (QED) is 0.505. The number of hydrogen-bond donors (Lipinski definition) is 1. The summed E-state index contributed by atoms with van der Waals surface area (Å²) < 4.78 is 0. The molecule has 102 valence electrons. The highest BCUT2D eigenvalue weighted by atomic mass is 35.5. The highest BCUT2D eigenvalue weighted by Gasteiger charge is 2.30. The van der Waals surface area contributed by atoms with Crippen LogP contribution in [0.25, 0.3) is 0 Å². The maximum Gasteiger partial charge on any atom is 0.273 e. The Kier molecular flexibility index (Phi) is 4.27.